The molecule has 0 N–H and O–H groups in total. The van der Waals surface area contributed by atoms with Crippen LogP contribution in [-0.2, 0) is 4.79 Å². The van der Waals surface area contributed by atoms with Gasteiger partial charge >= 0.3 is 0 Å². The molecule has 0 saturated carbocycles. The summed E-state index contributed by atoms with van der Waals surface area (Å²) in [5, 5.41) is 2.61. The minimum atomic E-state index is 0.106. The van der Waals surface area contributed by atoms with Crippen LogP contribution in [-0.4, -0.2) is 35.0 Å². The molecule has 0 aromatic carbocycles. The van der Waals surface area contributed by atoms with Gasteiger partial charge in [0.2, 0.25) is 5.91 Å². The summed E-state index contributed by atoms with van der Waals surface area (Å²) < 4.78 is 5.76. The van der Waals surface area contributed by atoms with Crippen molar-refractivity contribution in [1.29, 1.82) is 0 Å². The maximum Gasteiger partial charge on any atom is 0.273 e. The number of likely N-dealkylation sites (tertiary alicyclic amines) is 1. The van der Waals surface area contributed by atoms with Crippen LogP contribution < -0.4 is 4.74 Å². The molecule has 1 amide bonds. The van der Waals surface area contributed by atoms with Crippen LogP contribution in [0.4, 0.5) is 0 Å². The summed E-state index contributed by atoms with van der Waals surface area (Å²) in [6.07, 6.45) is 4.59. The van der Waals surface area contributed by atoms with E-state index in [1.165, 1.54) is 11.3 Å². The lowest BCUT2D eigenvalue weighted by molar-refractivity contribution is -0.134. The van der Waals surface area contributed by atoms with E-state index in [1.807, 2.05) is 10.3 Å². The van der Waals surface area contributed by atoms with E-state index in [0.717, 1.165) is 25.8 Å². The van der Waals surface area contributed by atoms with Crippen molar-refractivity contribution in [2.45, 2.75) is 39.2 Å². The average molecular weight is 268 g/mol. The van der Waals surface area contributed by atoms with Gasteiger partial charge in [0.05, 0.1) is 6.54 Å². The number of amides is 1. The summed E-state index contributed by atoms with van der Waals surface area (Å²) >= 11 is 1.50. The van der Waals surface area contributed by atoms with E-state index in [0.29, 0.717) is 11.7 Å². The van der Waals surface area contributed by atoms with Crippen molar-refractivity contribution in [2.75, 3.05) is 13.1 Å². The minimum absolute atomic E-state index is 0.106. The molecule has 2 rings (SSSR count). The van der Waals surface area contributed by atoms with Gasteiger partial charge in [-0.2, -0.15) is 0 Å². The number of thiazole rings is 1. The van der Waals surface area contributed by atoms with Gasteiger partial charge in [-0.25, -0.2) is 4.98 Å². The second kappa shape index (κ2) is 6.18. The standard InChI is InChI=1S/C13H20N2O2S/c1-3-10(4-2)12(16)15-7-5-11(9-15)17-13-14-6-8-18-13/h6,8,10-11H,3-5,7,9H2,1-2H3. The molecule has 0 aliphatic carbocycles. The third kappa shape index (κ3) is 3.02. The number of nitrogens with zero attached hydrogens (tertiary/aromatic N) is 2. The van der Waals surface area contributed by atoms with Gasteiger partial charge in [-0.1, -0.05) is 25.2 Å². The van der Waals surface area contributed by atoms with Crippen molar-refractivity contribution >= 4 is 17.2 Å². The smallest absolute Gasteiger partial charge is 0.273 e. The summed E-state index contributed by atoms with van der Waals surface area (Å²) in [6, 6.07) is 0. The molecule has 2 heterocycles. The largest absolute Gasteiger partial charge is 0.465 e. The van der Waals surface area contributed by atoms with E-state index in [-0.39, 0.29) is 17.9 Å². The SMILES string of the molecule is CCC(CC)C(=O)N1CCC(Oc2nccs2)C1. The van der Waals surface area contributed by atoms with Crippen molar-refractivity contribution in [2.24, 2.45) is 5.92 Å². The van der Waals surface area contributed by atoms with Crippen molar-refractivity contribution < 1.29 is 9.53 Å². The zero-order valence-electron chi connectivity index (χ0n) is 11.0. The van der Waals surface area contributed by atoms with Gasteiger partial charge in [0.25, 0.3) is 5.19 Å². The summed E-state index contributed by atoms with van der Waals surface area (Å²) in [6.45, 7) is 5.66. The van der Waals surface area contributed by atoms with Crippen LogP contribution in [0.15, 0.2) is 11.6 Å². The first-order valence-electron chi connectivity index (χ1n) is 6.59. The molecule has 1 aromatic rings. The van der Waals surface area contributed by atoms with E-state index in [1.54, 1.807) is 6.20 Å². The van der Waals surface area contributed by atoms with Gasteiger partial charge in [0.1, 0.15) is 6.10 Å². The maximum absolute atomic E-state index is 12.2. The molecule has 18 heavy (non-hydrogen) atoms. The van der Waals surface area contributed by atoms with E-state index < -0.39 is 0 Å². The van der Waals surface area contributed by atoms with Crippen molar-refractivity contribution in [3.63, 3.8) is 0 Å². The molecular weight excluding hydrogens is 248 g/mol. The van der Waals surface area contributed by atoms with E-state index in [2.05, 4.69) is 18.8 Å². The Morgan fingerprint density at radius 3 is 3.00 bits per heavy atom. The van der Waals surface area contributed by atoms with Crippen LogP contribution >= 0.6 is 11.3 Å². The van der Waals surface area contributed by atoms with Gasteiger partial charge in [0, 0.05) is 30.5 Å². The Morgan fingerprint density at radius 1 is 1.61 bits per heavy atom. The number of rotatable bonds is 5. The van der Waals surface area contributed by atoms with Gasteiger partial charge < -0.3 is 9.64 Å². The Labute approximate surface area is 112 Å². The third-order valence-corrected chi connectivity index (χ3v) is 4.13. The lowest BCUT2D eigenvalue weighted by atomic mass is 10.0. The number of ether oxygens (including phenoxy) is 1. The van der Waals surface area contributed by atoms with Crippen LogP contribution in [0, 0.1) is 5.92 Å². The fourth-order valence-electron chi connectivity index (χ4n) is 2.33. The highest BCUT2D eigenvalue weighted by molar-refractivity contribution is 7.11. The average Bonchev–Trinajstić information content (AvgIpc) is 3.02. The Hall–Kier alpha value is -1.10. The van der Waals surface area contributed by atoms with Crippen LogP contribution in [0.25, 0.3) is 0 Å². The Kier molecular flexibility index (Phi) is 4.58. The third-order valence-electron chi connectivity index (χ3n) is 3.47. The molecule has 1 aromatic heterocycles. The number of hydrogen-bond acceptors (Lipinski definition) is 4. The molecule has 5 heteroatoms. The summed E-state index contributed by atoms with van der Waals surface area (Å²) in [7, 11) is 0. The highest BCUT2D eigenvalue weighted by Gasteiger charge is 2.30. The predicted octanol–water partition coefficient (Wildman–Crippen LogP) is 2.56. The molecule has 1 aliphatic rings. The van der Waals surface area contributed by atoms with Crippen LogP contribution in [0.2, 0.25) is 0 Å². The molecule has 1 aliphatic heterocycles. The molecule has 1 fully saturated rings. The normalized spacial score (nSPS) is 19.5. The molecular formula is C13H20N2O2S. The topological polar surface area (TPSA) is 42.4 Å². The molecule has 1 saturated heterocycles. The number of hydrogen-bond donors (Lipinski definition) is 0. The van der Waals surface area contributed by atoms with E-state index >= 15 is 0 Å². The van der Waals surface area contributed by atoms with E-state index in [4.69, 9.17) is 4.74 Å². The zero-order valence-corrected chi connectivity index (χ0v) is 11.8. The minimum Gasteiger partial charge on any atom is -0.465 e. The molecule has 4 nitrogen and oxygen atoms in total. The predicted molar refractivity (Wildman–Crippen MR) is 71.8 cm³/mol. The summed E-state index contributed by atoms with van der Waals surface area (Å²) in [4.78, 5) is 18.3. The van der Waals surface area contributed by atoms with Crippen LogP contribution in [0.1, 0.15) is 33.1 Å². The molecule has 0 radical (unpaired) electrons. The van der Waals surface area contributed by atoms with Crippen molar-refractivity contribution in [3.05, 3.63) is 11.6 Å². The number of carbonyl (C=O) groups is 1. The molecule has 0 bridgehead atoms. The summed E-state index contributed by atoms with van der Waals surface area (Å²) in [5.74, 6) is 0.453. The monoisotopic (exact) mass is 268 g/mol. The highest BCUT2D eigenvalue weighted by Crippen LogP contribution is 2.22. The zero-order chi connectivity index (χ0) is 13.0. The second-order valence-corrected chi connectivity index (χ2v) is 5.48. The quantitative estimate of drug-likeness (QED) is 0.824. The number of aromatic nitrogens is 1. The number of carbonyl (C=O) groups excluding carboxylic acids is 1. The fourth-order valence-corrected chi connectivity index (χ4v) is 2.88. The van der Waals surface area contributed by atoms with E-state index in [9.17, 15) is 4.79 Å². The second-order valence-electron chi connectivity index (χ2n) is 4.62. The first-order valence-corrected chi connectivity index (χ1v) is 7.47. The first kappa shape index (κ1) is 13.3. The van der Waals surface area contributed by atoms with Gasteiger partial charge in [0.15, 0.2) is 0 Å². The Balaban J connectivity index is 1.86. The Morgan fingerprint density at radius 2 is 2.39 bits per heavy atom. The Bertz CT molecular complexity index is 376. The van der Waals surface area contributed by atoms with Crippen LogP contribution in [0.3, 0.4) is 0 Å². The fraction of sp³-hybridized carbons (Fsp3) is 0.692. The molecule has 100 valence electrons. The maximum atomic E-state index is 12.2. The van der Waals surface area contributed by atoms with Crippen LogP contribution in [0.5, 0.6) is 5.19 Å². The van der Waals surface area contributed by atoms with Gasteiger partial charge in [-0.15, -0.1) is 0 Å². The molecule has 1 atom stereocenters. The summed E-state index contributed by atoms with van der Waals surface area (Å²) in [5.41, 5.74) is 0. The lowest BCUT2D eigenvalue weighted by Crippen LogP contribution is -2.35. The van der Waals surface area contributed by atoms with Crippen molar-refractivity contribution in [3.8, 4) is 5.19 Å². The molecule has 1 unspecified atom stereocenters. The van der Waals surface area contributed by atoms with Gasteiger partial charge in [-0.3, -0.25) is 4.79 Å². The highest BCUT2D eigenvalue weighted by atomic mass is 32.1. The van der Waals surface area contributed by atoms with Gasteiger partial charge in [-0.05, 0) is 12.8 Å². The van der Waals surface area contributed by atoms with Crippen molar-refractivity contribution in [1.82, 2.24) is 9.88 Å². The molecule has 0 spiro atoms. The first-order chi connectivity index (χ1) is 8.74. The lowest BCUT2D eigenvalue weighted by Gasteiger charge is -2.21.